The highest BCUT2D eigenvalue weighted by atomic mass is 79.9. The molecule has 2 rings (SSSR count). The standard InChI is InChI=1S/C10H9ClN2O2.BrH/c1-6-5-13-8(11)3-7(10(14)15-2)4-9(13)12-6;/h3-5H,1-2H3;1H. The summed E-state index contributed by atoms with van der Waals surface area (Å²) in [5, 5.41) is 0.438. The molecule has 0 saturated heterocycles. The lowest BCUT2D eigenvalue weighted by molar-refractivity contribution is 0.0600. The minimum absolute atomic E-state index is 0. The fraction of sp³-hybridized carbons (Fsp3) is 0.200. The van der Waals surface area contributed by atoms with Crippen LogP contribution >= 0.6 is 28.6 Å². The third-order valence-corrected chi connectivity index (χ3v) is 2.36. The Balaban J connectivity index is 0.00000128. The lowest BCUT2D eigenvalue weighted by Gasteiger charge is -2.01. The van der Waals surface area contributed by atoms with Gasteiger partial charge in [0.15, 0.2) is 0 Å². The SMILES string of the molecule is Br.COC(=O)c1cc(Cl)n2cc(C)nc2c1. The molecule has 0 aliphatic heterocycles. The third-order valence-electron chi connectivity index (χ3n) is 2.06. The Labute approximate surface area is 108 Å². The molecule has 0 atom stereocenters. The van der Waals surface area contributed by atoms with Gasteiger partial charge in [-0.05, 0) is 19.1 Å². The van der Waals surface area contributed by atoms with Gasteiger partial charge in [-0.2, -0.15) is 0 Å². The summed E-state index contributed by atoms with van der Waals surface area (Å²) in [5.41, 5.74) is 1.89. The van der Waals surface area contributed by atoms with E-state index in [0.29, 0.717) is 16.4 Å². The second-order valence-electron chi connectivity index (χ2n) is 3.17. The molecule has 0 fully saturated rings. The summed E-state index contributed by atoms with van der Waals surface area (Å²) >= 11 is 5.99. The normalized spacial score (nSPS) is 9.94. The molecule has 0 aliphatic carbocycles. The number of fused-ring (bicyclic) bond motifs is 1. The van der Waals surface area contributed by atoms with Crippen LogP contribution in [0.3, 0.4) is 0 Å². The largest absolute Gasteiger partial charge is 0.465 e. The van der Waals surface area contributed by atoms with Crippen molar-refractivity contribution in [2.24, 2.45) is 0 Å². The van der Waals surface area contributed by atoms with E-state index >= 15 is 0 Å². The third kappa shape index (κ3) is 2.20. The minimum Gasteiger partial charge on any atom is -0.465 e. The molecule has 2 aromatic rings. The first-order chi connectivity index (χ1) is 7.11. The number of halogens is 2. The van der Waals surface area contributed by atoms with Gasteiger partial charge in [0.2, 0.25) is 0 Å². The lowest BCUT2D eigenvalue weighted by atomic mass is 10.3. The second-order valence-corrected chi connectivity index (χ2v) is 3.56. The van der Waals surface area contributed by atoms with Crippen LogP contribution in [-0.4, -0.2) is 22.5 Å². The first kappa shape index (κ1) is 13.0. The number of pyridine rings is 1. The van der Waals surface area contributed by atoms with Crippen molar-refractivity contribution >= 4 is 40.2 Å². The molecule has 0 aliphatic rings. The van der Waals surface area contributed by atoms with Gasteiger partial charge in [-0.1, -0.05) is 11.6 Å². The van der Waals surface area contributed by atoms with Crippen molar-refractivity contribution in [3.63, 3.8) is 0 Å². The quantitative estimate of drug-likeness (QED) is 0.601. The molecule has 0 amide bonds. The van der Waals surface area contributed by atoms with Gasteiger partial charge in [-0.3, -0.25) is 4.40 Å². The summed E-state index contributed by atoms with van der Waals surface area (Å²) in [5.74, 6) is -0.417. The maximum atomic E-state index is 11.3. The predicted octanol–water partition coefficient (Wildman–Crippen LogP) is 2.66. The Hall–Kier alpha value is -1.07. The molecule has 2 aromatic heterocycles. The summed E-state index contributed by atoms with van der Waals surface area (Å²) in [6.45, 7) is 1.86. The van der Waals surface area contributed by atoms with Gasteiger partial charge in [-0.25, -0.2) is 9.78 Å². The van der Waals surface area contributed by atoms with Crippen LogP contribution in [0.2, 0.25) is 5.15 Å². The van der Waals surface area contributed by atoms with Crippen molar-refractivity contribution < 1.29 is 9.53 Å². The Kier molecular flexibility index (Phi) is 3.93. The predicted molar refractivity (Wildman–Crippen MR) is 66.6 cm³/mol. The zero-order valence-corrected chi connectivity index (χ0v) is 11.2. The average Bonchev–Trinajstić information content (AvgIpc) is 2.58. The highest BCUT2D eigenvalue weighted by Gasteiger charge is 2.10. The van der Waals surface area contributed by atoms with E-state index in [1.54, 1.807) is 22.7 Å². The molecule has 0 saturated carbocycles. The first-order valence-corrected chi connectivity index (χ1v) is 4.73. The van der Waals surface area contributed by atoms with Crippen molar-refractivity contribution in [3.05, 3.63) is 34.7 Å². The van der Waals surface area contributed by atoms with Gasteiger partial charge in [-0.15, -0.1) is 17.0 Å². The molecule has 2 heterocycles. The summed E-state index contributed by atoms with van der Waals surface area (Å²) in [4.78, 5) is 15.5. The molecule has 0 unspecified atom stereocenters. The maximum Gasteiger partial charge on any atom is 0.338 e. The molecule has 16 heavy (non-hydrogen) atoms. The van der Waals surface area contributed by atoms with Gasteiger partial charge in [0.25, 0.3) is 0 Å². The number of hydrogen-bond donors (Lipinski definition) is 0. The number of carbonyl (C=O) groups is 1. The number of rotatable bonds is 1. The van der Waals surface area contributed by atoms with Crippen molar-refractivity contribution in [1.82, 2.24) is 9.38 Å². The lowest BCUT2D eigenvalue weighted by Crippen LogP contribution is -2.02. The number of ether oxygens (including phenoxy) is 1. The highest BCUT2D eigenvalue weighted by molar-refractivity contribution is 8.93. The van der Waals surface area contributed by atoms with Crippen molar-refractivity contribution in [2.75, 3.05) is 7.11 Å². The Morgan fingerprint density at radius 1 is 1.50 bits per heavy atom. The van der Waals surface area contributed by atoms with Gasteiger partial charge in [0.05, 0.1) is 18.4 Å². The van der Waals surface area contributed by atoms with Crippen LogP contribution in [0.1, 0.15) is 16.1 Å². The number of imidazole rings is 1. The fourth-order valence-electron chi connectivity index (χ4n) is 1.40. The first-order valence-electron chi connectivity index (χ1n) is 4.35. The van der Waals surface area contributed by atoms with Crippen molar-refractivity contribution in [2.45, 2.75) is 6.92 Å². The van der Waals surface area contributed by atoms with Crippen molar-refractivity contribution in [3.8, 4) is 0 Å². The van der Waals surface area contributed by atoms with Gasteiger partial charge < -0.3 is 4.74 Å². The summed E-state index contributed by atoms with van der Waals surface area (Å²) in [7, 11) is 1.33. The molecule has 0 bridgehead atoms. The zero-order valence-electron chi connectivity index (χ0n) is 8.73. The van der Waals surface area contributed by atoms with Crippen LogP contribution in [0.4, 0.5) is 0 Å². The molecular weight excluding hydrogens is 295 g/mol. The van der Waals surface area contributed by atoms with Gasteiger partial charge in [0.1, 0.15) is 10.8 Å². The van der Waals surface area contributed by atoms with Gasteiger partial charge >= 0.3 is 5.97 Å². The number of hydrogen-bond acceptors (Lipinski definition) is 3. The summed E-state index contributed by atoms with van der Waals surface area (Å²) in [6, 6.07) is 3.20. The number of nitrogens with zero attached hydrogens (tertiary/aromatic N) is 2. The number of aromatic nitrogens is 2. The van der Waals surface area contributed by atoms with Crippen molar-refractivity contribution in [1.29, 1.82) is 0 Å². The zero-order chi connectivity index (χ0) is 11.0. The fourth-order valence-corrected chi connectivity index (χ4v) is 1.66. The molecule has 0 spiro atoms. The smallest absolute Gasteiger partial charge is 0.338 e. The van der Waals surface area contributed by atoms with E-state index in [2.05, 4.69) is 9.72 Å². The molecular formula is C10H10BrClN2O2. The Morgan fingerprint density at radius 2 is 2.19 bits per heavy atom. The molecule has 6 heteroatoms. The summed E-state index contributed by atoms with van der Waals surface area (Å²) in [6.07, 6.45) is 1.80. The van der Waals surface area contributed by atoms with E-state index in [9.17, 15) is 4.79 Å². The van der Waals surface area contributed by atoms with Crippen LogP contribution in [0.15, 0.2) is 18.3 Å². The van der Waals surface area contributed by atoms with Gasteiger partial charge in [0, 0.05) is 6.20 Å². The average molecular weight is 306 g/mol. The van der Waals surface area contributed by atoms with Crippen LogP contribution in [-0.2, 0) is 4.74 Å². The van der Waals surface area contributed by atoms with E-state index < -0.39 is 5.97 Å². The number of carbonyl (C=O) groups excluding carboxylic acids is 1. The number of methoxy groups -OCH3 is 1. The van der Waals surface area contributed by atoms with E-state index in [4.69, 9.17) is 11.6 Å². The topological polar surface area (TPSA) is 43.6 Å². The molecule has 4 nitrogen and oxygen atoms in total. The Morgan fingerprint density at radius 3 is 2.81 bits per heavy atom. The van der Waals surface area contributed by atoms with Crippen LogP contribution in [0.25, 0.3) is 5.65 Å². The molecule has 0 aromatic carbocycles. The van der Waals surface area contributed by atoms with E-state index in [-0.39, 0.29) is 17.0 Å². The monoisotopic (exact) mass is 304 g/mol. The highest BCUT2D eigenvalue weighted by Crippen LogP contribution is 2.17. The maximum absolute atomic E-state index is 11.3. The minimum atomic E-state index is -0.417. The number of aryl methyl sites for hydroxylation is 1. The van der Waals surface area contributed by atoms with E-state index in [0.717, 1.165) is 5.69 Å². The molecule has 0 N–H and O–H groups in total. The molecule has 0 radical (unpaired) electrons. The van der Waals surface area contributed by atoms with Crippen LogP contribution < -0.4 is 0 Å². The Bertz CT molecular complexity index is 539. The second kappa shape index (κ2) is 4.84. The van der Waals surface area contributed by atoms with Crippen LogP contribution in [0, 0.1) is 6.92 Å². The van der Waals surface area contributed by atoms with E-state index in [1.165, 1.54) is 7.11 Å². The van der Waals surface area contributed by atoms with E-state index in [1.807, 2.05) is 6.92 Å². The molecule has 86 valence electrons. The number of esters is 1. The van der Waals surface area contributed by atoms with Crippen LogP contribution in [0.5, 0.6) is 0 Å². The summed E-state index contributed by atoms with van der Waals surface area (Å²) < 4.78 is 6.32.